The molecule has 0 aromatic carbocycles. The van der Waals surface area contributed by atoms with Crippen LogP contribution in [-0.4, -0.2) is 23.1 Å². The molecule has 0 nitrogen and oxygen atoms in total. The summed E-state index contributed by atoms with van der Waals surface area (Å²) in [6.07, 6.45) is 11.4. The molecule has 0 amide bonds. The molecule has 0 fully saturated rings. The number of hydrogen-bond acceptors (Lipinski definition) is 2. The third kappa shape index (κ3) is 10.7. The Morgan fingerprint density at radius 1 is 1.00 bits per heavy atom. The number of hydrogen-bond donors (Lipinski definition) is 1. The SMILES string of the molecule is CCC(CCCC(C)CCS)C(CCC(C)Cl)CSC. The second-order valence-corrected chi connectivity index (χ2v) is 8.39. The maximum absolute atomic E-state index is 6.14. The number of halogens is 1. The lowest BCUT2D eigenvalue weighted by atomic mass is 9.83. The lowest BCUT2D eigenvalue weighted by molar-refractivity contribution is 0.292. The summed E-state index contributed by atoms with van der Waals surface area (Å²) in [5.41, 5.74) is 0. The van der Waals surface area contributed by atoms with Crippen LogP contribution < -0.4 is 0 Å². The van der Waals surface area contributed by atoms with E-state index < -0.39 is 0 Å². The highest BCUT2D eigenvalue weighted by atomic mass is 35.5. The first-order valence-corrected chi connectivity index (χ1v) is 10.7. The van der Waals surface area contributed by atoms with E-state index in [9.17, 15) is 0 Å². The Labute approximate surface area is 142 Å². The zero-order chi connectivity index (χ0) is 15.4. The summed E-state index contributed by atoms with van der Waals surface area (Å²) in [4.78, 5) is 0. The number of alkyl halides is 1. The van der Waals surface area contributed by atoms with Crippen LogP contribution in [0, 0.1) is 17.8 Å². The molecule has 0 aliphatic rings. The number of thioether (sulfide) groups is 1. The molecule has 0 aliphatic heterocycles. The predicted octanol–water partition coefficient (Wildman–Crippen LogP) is 6.53. The van der Waals surface area contributed by atoms with Gasteiger partial charge < -0.3 is 0 Å². The molecule has 0 spiro atoms. The van der Waals surface area contributed by atoms with Crippen LogP contribution in [0.15, 0.2) is 0 Å². The van der Waals surface area contributed by atoms with E-state index in [1.54, 1.807) is 0 Å². The van der Waals surface area contributed by atoms with Gasteiger partial charge >= 0.3 is 0 Å². The quantitative estimate of drug-likeness (QED) is 0.294. The van der Waals surface area contributed by atoms with Gasteiger partial charge in [-0.05, 0) is 61.7 Å². The van der Waals surface area contributed by atoms with Gasteiger partial charge in [0.25, 0.3) is 0 Å². The monoisotopic (exact) mass is 338 g/mol. The van der Waals surface area contributed by atoms with E-state index in [0.29, 0.717) is 5.38 Å². The largest absolute Gasteiger partial charge is 0.179 e. The lowest BCUT2D eigenvalue weighted by Crippen LogP contribution is -2.18. The van der Waals surface area contributed by atoms with Crippen molar-refractivity contribution in [1.29, 1.82) is 0 Å². The highest BCUT2D eigenvalue weighted by Crippen LogP contribution is 2.30. The average molecular weight is 339 g/mol. The molecule has 20 heavy (non-hydrogen) atoms. The number of thiol groups is 1. The summed E-state index contributed by atoms with van der Waals surface area (Å²) < 4.78 is 0. The van der Waals surface area contributed by atoms with Crippen molar-refractivity contribution in [3.63, 3.8) is 0 Å². The minimum atomic E-state index is 0.326. The van der Waals surface area contributed by atoms with Gasteiger partial charge in [0.15, 0.2) is 0 Å². The standard InChI is InChI=1S/C17H35ClS2/c1-5-16(8-6-7-14(2)11-12-19)17(13-20-4)10-9-15(3)18/h14-17,19H,5-13H2,1-4H3. The Balaban J connectivity index is 4.14. The Morgan fingerprint density at radius 3 is 2.20 bits per heavy atom. The van der Waals surface area contributed by atoms with Crippen LogP contribution in [0.2, 0.25) is 0 Å². The molecule has 0 aliphatic carbocycles. The minimum absolute atomic E-state index is 0.326. The third-order valence-electron chi connectivity index (χ3n) is 4.40. The maximum Gasteiger partial charge on any atom is 0.0307 e. The average Bonchev–Trinajstić information content (AvgIpc) is 2.40. The fraction of sp³-hybridized carbons (Fsp3) is 1.00. The van der Waals surface area contributed by atoms with E-state index in [0.717, 1.165) is 23.5 Å². The van der Waals surface area contributed by atoms with Crippen LogP contribution >= 0.6 is 36.0 Å². The number of rotatable bonds is 13. The molecule has 0 saturated heterocycles. The van der Waals surface area contributed by atoms with Crippen molar-refractivity contribution in [3.05, 3.63) is 0 Å². The van der Waals surface area contributed by atoms with E-state index >= 15 is 0 Å². The normalized spacial score (nSPS) is 17.7. The van der Waals surface area contributed by atoms with E-state index in [2.05, 4.69) is 39.7 Å². The summed E-state index contributed by atoms with van der Waals surface area (Å²) >= 11 is 12.5. The van der Waals surface area contributed by atoms with Gasteiger partial charge in [0.05, 0.1) is 0 Å². The molecule has 3 heteroatoms. The Kier molecular flexibility index (Phi) is 14.3. The van der Waals surface area contributed by atoms with Crippen molar-refractivity contribution in [2.24, 2.45) is 17.8 Å². The molecule has 0 radical (unpaired) electrons. The molecule has 0 saturated carbocycles. The molecule has 0 N–H and O–H groups in total. The fourth-order valence-electron chi connectivity index (χ4n) is 2.98. The fourth-order valence-corrected chi connectivity index (χ4v) is 4.41. The molecule has 0 heterocycles. The van der Waals surface area contributed by atoms with Crippen LogP contribution in [-0.2, 0) is 0 Å². The van der Waals surface area contributed by atoms with Crippen molar-refractivity contribution in [2.75, 3.05) is 17.8 Å². The molecule has 0 aromatic rings. The molecule has 4 unspecified atom stereocenters. The van der Waals surface area contributed by atoms with Gasteiger partial charge in [-0.2, -0.15) is 24.4 Å². The Hall–Kier alpha value is 0.990. The topological polar surface area (TPSA) is 0 Å². The van der Waals surface area contributed by atoms with Gasteiger partial charge in [-0.25, -0.2) is 0 Å². The zero-order valence-corrected chi connectivity index (χ0v) is 16.4. The highest BCUT2D eigenvalue weighted by molar-refractivity contribution is 7.98. The first-order chi connectivity index (χ1) is 9.54. The second-order valence-electron chi connectivity index (χ2n) is 6.29. The molecule has 122 valence electrons. The maximum atomic E-state index is 6.14. The lowest BCUT2D eigenvalue weighted by Gasteiger charge is -2.26. The van der Waals surface area contributed by atoms with Crippen LogP contribution in [0.25, 0.3) is 0 Å². The zero-order valence-electron chi connectivity index (χ0n) is 13.9. The minimum Gasteiger partial charge on any atom is -0.179 e. The highest BCUT2D eigenvalue weighted by Gasteiger charge is 2.20. The van der Waals surface area contributed by atoms with Gasteiger partial charge in [0.2, 0.25) is 0 Å². The van der Waals surface area contributed by atoms with Gasteiger partial charge in [-0.1, -0.05) is 39.5 Å². The molecular weight excluding hydrogens is 304 g/mol. The van der Waals surface area contributed by atoms with E-state index in [4.69, 9.17) is 11.6 Å². The molecule has 0 aromatic heterocycles. The first-order valence-electron chi connectivity index (χ1n) is 8.28. The van der Waals surface area contributed by atoms with Crippen molar-refractivity contribution in [3.8, 4) is 0 Å². The van der Waals surface area contributed by atoms with Crippen LogP contribution in [0.3, 0.4) is 0 Å². The summed E-state index contributed by atoms with van der Waals surface area (Å²) in [5, 5.41) is 0.326. The van der Waals surface area contributed by atoms with Gasteiger partial charge in [-0.15, -0.1) is 11.6 Å². The molecular formula is C17H35ClS2. The van der Waals surface area contributed by atoms with E-state index in [-0.39, 0.29) is 0 Å². The molecule has 0 rings (SSSR count). The second kappa shape index (κ2) is 13.6. The van der Waals surface area contributed by atoms with Gasteiger partial charge in [0.1, 0.15) is 0 Å². The summed E-state index contributed by atoms with van der Waals surface area (Å²) in [5.74, 6) is 4.92. The van der Waals surface area contributed by atoms with Crippen LogP contribution in [0.4, 0.5) is 0 Å². The van der Waals surface area contributed by atoms with E-state index in [1.165, 1.54) is 50.7 Å². The third-order valence-corrected chi connectivity index (χ3v) is 5.64. The molecule has 4 atom stereocenters. The molecule has 0 bridgehead atoms. The van der Waals surface area contributed by atoms with E-state index in [1.807, 2.05) is 11.8 Å². The Morgan fingerprint density at radius 2 is 1.70 bits per heavy atom. The van der Waals surface area contributed by atoms with Crippen LogP contribution in [0.1, 0.15) is 65.7 Å². The van der Waals surface area contributed by atoms with Crippen molar-refractivity contribution >= 4 is 36.0 Å². The van der Waals surface area contributed by atoms with Crippen molar-refractivity contribution in [1.82, 2.24) is 0 Å². The predicted molar refractivity (Wildman–Crippen MR) is 102 cm³/mol. The summed E-state index contributed by atoms with van der Waals surface area (Å²) in [7, 11) is 0. The smallest absolute Gasteiger partial charge is 0.0307 e. The summed E-state index contributed by atoms with van der Waals surface area (Å²) in [6, 6.07) is 0. The van der Waals surface area contributed by atoms with Crippen LogP contribution in [0.5, 0.6) is 0 Å². The first kappa shape index (κ1) is 21.0. The summed E-state index contributed by atoms with van der Waals surface area (Å²) in [6.45, 7) is 6.85. The van der Waals surface area contributed by atoms with Gasteiger partial charge in [-0.3, -0.25) is 0 Å². The van der Waals surface area contributed by atoms with Crippen molar-refractivity contribution < 1.29 is 0 Å². The van der Waals surface area contributed by atoms with Crippen molar-refractivity contribution in [2.45, 2.75) is 71.1 Å². The van der Waals surface area contributed by atoms with Gasteiger partial charge in [0, 0.05) is 5.38 Å². The Bertz CT molecular complexity index is 209.